The van der Waals surface area contributed by atoms with E-state index >= 15 is 0 Å². The van der Waals surface area contributed by atoms with Gasteiger partial charge in [-0.2, -0.15) is 0 Å². The summed E-state index contributed by atoms with van der Waals surface area (Å²) in [7, 11) is 0. The van der Waals surface area contributed by atoms with Gasteiger partial charge in [0.25, 0.3) is 0 Å². The molecule has 0 aromatic carbocycles. The van der Waals surface area contributed by atoms with Crippen LogP contribution in [0.1, 0.15) is 53.2 Å². The molecule has 4 bridgehead atoms. The molecule has 112 valence electrons. The lowest BCUT2D eigenvalue weighted by molar-refractivity contribution is -0.129. The van der Waals surface area contributed by atoms with Crippen LogP contribution in [0.15, 0.2) is 0 Å². The first-order chi connectivity index (χ1) is 10.2. The molecule has 20 heavy (non-hydrogen) atoms. The molecular formula is C17H28N2O. The van der Waals surface area contributed by atoms with E-state index in [0.717, 1.165) is 49.6 Å². The minimum absolute atomic E-state index is 0.0486. The van der Waals surface area contributed by atoms with Crippen molar-refractivity contribution in [2.24, 2.45) is 23.7 Å². The van der Waals surface area contributed by atoms with Crippen LogP contribution in [0.2, 0.25) is 0 Å². The molecule has 4 aliphatic carbocycles. The summed E-state index contributed by atoms with van der Waals surface area (Å²) in [5.41, 5.74) is 0. The Hall–Kier alpha value is -0.570. The molecule has 5 fully saturated rings. The summed E-state index contributed by atoms with van der Waals surface area (Å²) >= 11 is 0. The van der Waals surface area contributed by atoms with Gasteiger partial charge in [0.05, 0.1) is 6.04 Å². The van der Waals surface area contributed by atoms with Gasteiger partial charge in [-0.3, -0.25) is 9.69 Å². The molecule has 0 unspecified atom stereocenters. The van der Waals surface area contributed by atoms with Gasteiger partial charge in [-0.1, -0.05) is 6.90 Å². The Kier molecular flexibility index (Phi) is 3.01. The SMILES string of the molecule is [2H]CCN1CCC[C@H]1C(=O)NC1C2CC3CC(C2)CC1C3. The molecule has 0 aromatic heterocycles. The van der Waals surface area contributed by atoms with Crippen LogP contribution in [0.4, 0.5) is 0 Å². The Morgan fingerprint density at radius 1 is 1.20 bits per heavy atom. The summed E-state index contributed by atoms with van der Waals surface area (Å²) in [5, 5.41) is 3.45. The van der Waals surface area contributed by atoms with Crippen molar-refractivity contribution in [2.45, 2.75) is 63.9 Å². The van der Waals surface area contributed by atoms with E-state index in [9.17, 15) is 4.79 Å². The van der Waals surface area contributed by atoms with Gasteiger partial charge < -0.3 is 5.32 Å². The number of hydrogen-bond donors (Lipinski definition) is 1. The molecule has 1 atom stereocenters. The minimum Gasteiger partial charge on any atom is -0.351 e. The Morgan fingerprint density at radius 2 is 1.90 bits per heavy atom. The maximum Gasteiger partial charge on any atom is 0.237 e. The molecule has 5 aliphatic rings. The Bertz CT molecular complexity index is 386. The van der Waals surface area contributed by atoms with Crippen LogP contribution in [-0.2, 0) is 4.79 Å². The summed E-state index contributed by atoms with van der Waals surface area (Å²) in [6.07, 6.45) is 9.00. The highest BCUT2D eigenvalue weighted by atomic mass is 16.2. The molecule has 4 saturated carbocycles. The van der Waals surface area contributed by atoms with E-state index in [4.69, 9.17) is 1.37 Å². The lowest BCUT2D eigenvalue weighted by Gasteiger charge is -2.54. The third-order valence-electron chi connectivity index (χ3n) is 6.49. The molecule has 3 heteroatoms. The summed E-state index contributed by atoms with van der Waals surface area (Å²) in [4.78, 5) is 14.9. The number of likely N-dealkylation sites (N-methyl/N-ethyl adjacent to an activating group) is 1. The van der Waals surface area contributed by atoms with Crippen molar-refractivity contribution in [1.82, 2.24) is 10.2 Å². The van der Waals surface area contributed by atoms with E-state index in [0.29, 0.717) is 12.9 Å². The lowest BCUT2D eigenvalue weighted by Crippen LogP contribution is -2.58. The summed E-state index contributed by atoms with van der Waals surface area (Å²) < 4.78 is 7.41. The molecule has 0 spiro atoms. The second kappa shape index (κ2) is 5.01. The molecule has 5 rings (SSSR count). The second-order valence-corrected chi connectivity index (χ2v) is 7.66. The molecular weight excluding hydrogens is 248 g/mol. The molecule has 1 aliphatic heterocycles. The number of amides is 1. The van der Waals surface area contributed by atoms with Crippen molar-refractivity contribution in [3.63, 3.8) is 0 Å². The van der Waals surface area contributed by atoms with Crippen molar-refractivity contribution in [3.8, 4) is 0 Å². The molecule has 1 heterocycles. The second-order valence-electron chi connectivity index (χ2n) is 7.66. The molecule has 1 amide bonds. The van der Waals surface area contributed by atoms with Gasteiger partial charge in [-0.25, -0.2) is 0 Å². The van der Waals surface area contributed by atoms with E-state index in [1.54, 1.807) is 0 Å². The summed E-state index contributed by atoms with van der Waals surface area (Å²) in [6.45, 7) is 2.15. The van der Waals surface area contributed by atoms with E-state index in [1.165, 1.54) is 32.1 Å². The highest BCUT2D eigenvalue weighted by Gasteiger charge is 2.49. The van der Waals surface area contributed by atoms with Crippen molar-refractivity contribution < 1.29 is 6.17 Å². The maximum absolute atomic E-state index is 12.7. The van der Waals surface area contributed by atoms with Crippen molar-refractivity contribution in [3.05, 3.63) is 0 Å². The van der Waals surface area contributed by atoms with Gasteiger partial charge in [0.15, 0.2) is 0 Å². The zero-order chi connectivity index (χ0) is 14.4. The van der Waals surface area contributed by atoms with E-state index in [1.807, 2.05) is 0 Å². The van der Waals surface area contributed by atoms with Crippen LogP contribution in [0.5, 0.6) is 0 Å². The monoisotopic (exact) mass is 277 g/mol. The van der Waals surface area contributed by atoms with E-state index in [-0.39, 0.29) is 11.9 Å². The summed E-state index contributed by atoms with van der Waals surface area (Å²) in [5.74, 6) is 3.71. The van der Waals surface area contributed by atoms with Crippen molar-refractivity contribution in [2.75, 3.05) is 13.1 Å². The first kappa shape index (κ1) is 12.0. The third-order valence-corrected chi connectivity index (χ3v) is 6.49. The van der Waals surface area contributed by atoms with Gasteiger partial charge in [0, 0.05) is 7.41 Å². The Balaban J connectivity index is 1.40. The number of nitrogens with zero attached hydrogens (tertiary/aromatic N) is 1. The van der Waals surface area contributed by atoms with Crippen molar-refractivity contribution in [1.29, 1.82) is 0 Å². The standard InChI is InChI=1S/C17H28N2O/c1-2-19-5-3-4-15(19)17(20)18-16-13-7-11-6-12(9-13)10-14(16)8-11/h11-16H,2-10H2,1H3,(H,18,20)/t11?,12?,13?,14?,15-,16?/m0/s1/i1D. The highest BCUT2D eigenvalue weighted by molar-refractivity contribution is 5.82. The average molecular weight is 277 g/mol. The van der Waals surface area contributed by atoms with Crippen LogP contribution in [0, 0.1) is 23.7 Å². The van der Waals surface area contributed by atoms with Gasteiger partial charge >= 0.3 is 0 Å². The zero-order valence-corrected chi connectivity index (χ0v) is 12.4. The van der Waals surface area contributed by atoms with Crippen LogP contribution in [-0.4, -0.2) is 36.0 Å². The average Bonchev–Trinajstić information content (AvgIpc) is 2.90. The lowest BCUT2D eigenvalue weighted by atomic mass is 9.54. The smallest absolute Gasteiger partial charge is 0.237 e. The van der Waals surface area contributed by atoms with Gasteiger partial charge in [-0.15, -0.1) is 0 Å². The normalized spacial score (nSPS) is 47.5. The Morgan fingerprint density at radius 3 is 2.55 bits per heavy atom. The fourth-order valence-corrected chi connectivity index (χ4v) is 5.81. The fraction of sp³-hybridized carbons (Fsp3) is 0.941. The first-order valence-electron chi connectivity index (χ1n) is 9.29. The van der Waals surface area contributed by atoms with Crippen molar-refractivity contribution >= 4 is 5.91 Å². The fourth-order valence-electron chi connectivity index (χ4n) is 5.81. The van der Waals surface area contributed by atoms with Crippen LogP contribution in [0.25, 0.3) is 0 Å². The number of hydrogen-bond acceptors (Lipinski definition) is 2. The number of likely N-dealkylation sites (tertiary alicyclic amines) is 1. The van der Waals surface area contributed by atoms with Crippen LogP contribution < -0.4 is 5.32 Å². The zero-order valence-electron chi connectivity index (χ0n) is 13.4. The van der Waals surface area contributed by atoms with Gasteiger partial charge in [0.2, 0.25) is 5.91 Å². The highest BCUT2D eigenvalue weighted by Crippen LogP contribution is 2.53. The summed E-state index contributed by atoms with van der Waals surface area (Å²) in [6, 6.07) is 0.510. The number of carbonyl (C=O) groups excluding carboxylic acids is 1. The molecule has 3 nitrogen and oxygen atoms in total. The van der Waals surface area contributed by atoms with Crippen LogP contribution in [0.3, 0.4) is 0 Å². The van der Waals surface area contributed by atoms with E-state index < -0.39 is 0 Å². The predicted octanol–water partition coefficient (Wildman–Crippen LogP) is 2.41. The molecule has 1 N–H and O–H groups in total. The Labute approximate surface area is 123 Å². The van der Waals surface area contributed by atoms with E-state index in [2.05, 4.69) is 10.2 Å². The molecule has 0 aromatic rings. The van der Waals surface area contributed by atoms with Crippen LogP contribution >= 0.6 is 0 Å². The first-order valence-corrected chi connectivity index (χ1v) is 8.58. The third kappa shape index (κ3) is 2.09. The molecule has 1 saturated heterocycles. The maximum atomic E-state index is 12.7. The molecule has 0 radical (unpaired) electrons. The number of nitrogens with one attached hydrogen (secondary N) is 1. The predicted molar refractivity (Wildman–Crippen MR) is 79.2 cm³/mol. The van der Waals surface area contributed by atoms with Gasteiger partial charge in [0.1, 0.15) is 0 Å². The largest absolute Gasteiger partial charge is 0.351 e. The topological polar surface area (TPSA) is 32.3 Å². The minimum atomic E-state index is 0.0486. The quantitative estimate of drug-likeness (QED) is 0.859. The number of carbonyl (C=O) groups is 1. The van der Waals surface area contributed by atoms with Gasteiger partial charge in [-0.05, 0) is 81.7 Å². The number of rotatable bonds is 3.